The number of carbonyl (C=O) groups is 1. The molecule has 0 bridgehead atoms. The molecule has 0 spiro atoms. The Bertz CT molecular complexity index is 619. The molecule has 1 aromatic carbocycles. The molecule has 1 aliphatic carbocycles. The Kier molecular flexibility index (Phi) is 8.77. The Hall–Kier alpha value is -1.78. The average Bonchev–Trinajstić information content (AvgIpc) is 2.56. The van der Waals surface area contributed by atoms with Gasteiger partial charge in [0.1, 0.15) is 25.3 Å². The van der Waals surface area contributed by atoms with E-state index in [1.807, 2.05) is 0 Å². The Labute approximate surface area is 154 Å². The van der Waals surface area contributed by atoms with Gasteiger partial charge in [-0.1, -0.05) is 0 Å². The summed E-state index contributed by atoms with van der Waals surface area (Å²) in [6.07, 6.45) is -5.83. The van der Waals surface area contributed by atoms with Crippen LogP contribution in [0.15, 0.2) is 12.1 Å². The van der Waals surface area contributed by atoms with Crippen molar-refractivity contribution in [3.8, 4) is 0 Å². The highest BCUT2D eigenvalue weighted by Gasteiger charge is 2.33. The van der Waals surface area contributed by atoms with E-state index in [4.69, 9.17) is 0 Å². The Morgan fingerprint density at radius 2 is 1.29 bits per heavy atom. The van der Waals surface area contributed by atoms with Gasteiger partial charge >= 0.3 is 12.4 Å². The van der Waals surface area contributed by atoms with Crippen molar-refractivity contribution >= 4 is 6.29 Å². The van der Waals surface area contributed by atoms with Crippen LogP contribution >= 0.6 is 0 Å². The predicted octanol–water partition coefficient (Wildman–Crippen LogP) is 5.70. The lowest BCUT2D eigenvalue weighted by Crippen LogP contribution is -2.23. The molecule has 0 N–H and O–H groups in total. The summed E-state index contributed by atoms with van der Waals surface area (Å²) >= 11 is 0. The first kappa shape index (κ1) is 24.3. The third kappa shape index (κ3) is 8.94. The van der Waals surface area contributed by atoms with Gasteiger partial charge in [0.2, 0.25) is 0 Å². The number of hydrogen-bond donors (Lipinski definition) is 0. The van der Waals surface area contributed by atoms with E-state index in [-0.39, 0.29) is 17.4 Å². The molecular weight excluding hydrogens is 407 g/mol. The second kappa shape index (κ2) is 10.1. The summed E-state index contributed by atoms with van der Waals surface area (Å²) in [5, 5.41) is 0. The topological polar surface area (TPSA) is 26.3 Å². The highest BCUT2D eigenvalue weighted by atomic mass is 19.4. The SMILES string of the molecule is FC(F)(F)COCC(F)(F)F.O=CC1CCC(c2cc(F)c(F)cc2F)CC1. The minimum Gasteiger partial charge on any atom is -0.363 e. The number of hydrogen-bond acceptors (Lipinski definition) is 2. The molecule has 0 heterocycles. The van der Waals surface area contributed by atoms with Crippen LogP contribution in [0.5, 0.6) is 0 Å². The fourth-order valence-corrected chi connectivity index (χ4v) is 2.70. The smallest absolute Gasteiger partial charge is 0.363 e. The zero-order valence-electron chi connectivity index (χ0n) is 14.3. The molecule has 0 saturated heterocycles. The van der Waals surface area contributed by atoms with Crippen LogP contribution in [0.4, 0.5) is 39.5 Å². The van der Waals surface area contributed by atoms with Crippen molar-refractivity contribution in [1.82, 2.24) is 0 Å². The van der Waals surface area contributed by atoms with E-state index in [2.05, 4.69) is 4.74 Å². The van der Waals surface area contributed by atoms with Crippen molar-refractivity contribution in [2.45, 2.75) is 44.0 Å². The summed E-state index contributed by atoms with van der Waals surface area (Å²) in [4.78, 5) is 10.6. The van der Waals surface area contributed by atoms with Crippen LogP contribution in [-0.2, 0) is 9.53 Å². The summed E-state index contributed by atoms with van der Waals surface area (Å²) in [5.41, 5.74) is 0.230. The second-order valence-electron chi connectivity index (χ2n) is 6.26. The van der Waals surface area contributed by atoms with Gasteiger partial charge in [-0.3, -0.25) is 0 Å². The maximum Gasteiger partial charge on any atom is 0.411 e. The zero-order chi connectivity index (χ0) is 21.5. The van der Waals surface area contributed by atoms with Crippen LogP contribution in [0.25, 0.3) is 0 Å². The Morgan fingerprint density at radius 1 is 0.821 bits per heavy atom. The largest absolute Gasteiger partial charge is 0.411 e. The van der Waals surface area contributed by atoms with Gasteiger partial charge in [0.15, 0.2) is 11.6 Å². The van der Waals surface area contributed by atoms with E-state index < -0.39 is 43.0 Å². The van der Waals surface area contributed by atoms with E-state index in [1.165, 1.54) is 0 Å². The first-order valence-corrected chi connectivity index (χ1v) is 8.13. The van der Waals surface area contributed by atoms with Crippen molar-refractivity contribution in [3.05, 3.63) is 35.1 Å². The van der Waals surface area contributed by atoms with Gasteiger partial charge in [0, 0.05) is 12.0 Å². The number of aldehydes is 1. The van der Waals surface area contributed by atoms with Crippen molar-refractivity contribution in [3.63, 3.8) is 0 Å². The third-order valence-corrected chi connectivity index (χ3v) is 3.98. The van der Waals surface area contributed by atoms with Crippen LogP contribution in [0.2, 0.25) is 0 Å². The molecule has 1 aromatic rings. The maximum absolute atomic E-state index is 13.5. The van der Waals surface area contributed by atoms with Crippen molar-refractivity contribution in [2.24, 2.45) is 5.92 Å². The number of benzene rings is 1. The summed E-state index contributed by atoms with van der Waals surface area (Å²) in [7, 11) is 0. The monoisotopic (exact) mass is 424 g/mol. The molecule has 0 unspecified atom stereocenters. The number of alkyl halides is 6. The number of carbonyl (C=O) groups excluding carboxylic acids is 1. The lowest BCUT2D eigenvalue weighted by atomic mass is 9.79. The van der Waals surface area contributed by atoms with E-state index >= 15 is 0 Å². The second-order valence-corrected chi connectivity index (χ2v) is 6.26. The van der Waals surface area contributed by atoms with Crippen LogP contribution in [0, 0.1) is 23.4 Å². The number of rotatable bonds is 4. The van der Waals surface area contributed by atoms with Crippen LogP contribution in [0.1, 0.15) is 37.2 Å². The van der Waals surface area contributed by atoms with Crippen LogP contribution in [-0.4, -0.2) is 31.9 Å². The predicted molar refractivity (Wildman–Crippen MR) is 80.0 cm³/mol. The summed E-state index contributed by atoms with van der Waals surface area (Å²) in [6, 6.07) is 1.53. The molecule has 1 aliphatic rings. The minimum atomic E-state index is -4.70. The molecule has 0 aromatic heterocycles. The van der Waals surface area contributed by atoms with E-state index in [0.29, 0.717) is 31.7 Å². The third-order valence-electron chi connectivity index (χ3n) is 3.98. The Balaban J connectivity index is 0.000000311. The number of ether oxygens (including phenoxy) is 1. The molecule has 2 nitrogen and oxygen atoms in total. The molecule has 1 fully saturated rings. The zero-order valence-corrected chi connectivity index (χ0v) is 14.3. The van der Waals surface area contributed by atoms with E-state index in [1.54, 1.807) is 0 Å². The quantitative estimate of drug-likeness (QED) is 0.352. The molecule has 0 radical (unpaired) electrons. The lowest BCUT2D eigenvalue weighted by molar-refractivity contribution is -0.219. The van der Waals surface area contributed by atoms with Crippen molar-refractivity contribution in [2.75, 3.05) is 13.2 Å². The number of halogens is 9. The van der Waals surface area contributed by atoms with Gasteiger partial charge in [-0.15, -0.1) is 0 Å². The summed E-state index contributed by atoms with van der Waals surface area (Å²) < 4.78 is 110. The van der Waals surface area contributed by atoms with Crippen LogP contribution in [0.3, 0.4) is 0 Å². The summed E-state index contributed by atoms with van der Waals surface area (Å²) in [6.45, 7) is -3.74. The lowest BCUT2D eigenvalue weighted by Gasteiger charge is -2.26. The van der Waals surface area contributed by atoms with Gasteiger partial charge in [-0.05, 0) is 43.2 Å². The molecule has 0 atom stereocenters. The molecule has 0 aliphatic heterocycles. The first-order chi connectivity index (χ1) is 12.8. The van der Waals surface area contributed by atoms with Gasteiger partial charge in [0.25, 0.3) is 0 Å². The van der Waals surface area contributed by atoms with E-state index in [0.717, 1.165) is 12.4 Å². The summed E-state index contributed by atoms with van der Waals surface area (Å²) in [5.74, 6) is -2.95. The van der Waals surface area contributed by atoms with Crippen molar-refractivity contribution < 1.29 is 49.0 Å². The Morgan fingerprint density at radius 3 is 1.71 bits per heavy atom. The molecule has 0 amide bonds. The maximum atomic E-state index is 13.5. The highest BCUT2D eigenvalue weighted by molar-refractivity contribution is 5.53. The fraction of sp³-hybridized carbons (Fsp3) is 0.588. The standard InChI is InChI=1S/C13H13F3O.C4H4F6O/c14-11-6-13(16)12(15)5-10(11)9-3-1-8(7-17)2-4-9;5-3(6,7)1-11-2-4(8,9)10/h5-9H,1-4H2;1-2H2. The molecule has 2 rings (SSSR count). The average molecular weight is 424 g/mol. The van der Waals surface area contributed by atoms with E-state index in [9.17, 15) is 44.3 Å². The first-order valence-electron chi connectivity index (χ1n) is 8.13. The molecule has 160 valence electrons. The van der Waals surface area contributed by atoms with Crippen LogP contribution < -0.4 is 0 Å². The fourth-order valence-electron chi connectivity index (χ4n) is 2.70. The molecular formula is C17H17F9O2. The van der Waals surface area contributed by atoms with Gasteiger partial charge < -0.3 is 9.53 Å². The highest BCUT2D eigenvalue weighted by Crippen LogP contribution is 2.36. The van der Waals surface area contributed by atoms with Gasteiger partial charge in [-0.25, -0.2) is 13.2 Å². The van der Waals surface area contributed by atoms with Crippen molar-refractivity contribution in [1.29, 1.82) is 0 Å². The minimum absolute atomic E-state index is 0.0274. The molecule has 1 saturated carbocycles. The molecule has 28 heavy (non-hydrogen) atoms. The normalized spacial score (nSPS) is 20.3. The molecule has 11 heteroatoms. The van der Waals surface area contributed by atoms with Gasteiger partial charge in [0.05, 0.1) is 0 Å². The van der Waals surface area contributed by atoms with Gasteiger partial charge in [-0.2, -0.15) is 26.3 Å².